The van der Waals surface area contributed by atoms with Crippen molar-refractivity contribution in [3.8, 4) is 5.75 Å². The van der Waals surface area contributed by atoms with Crippen molar-refractivity contribution in [2.45, 2.75) is 31.7 Å². The maximum atomic E-state index is 12.9. The summed E-state index contributed by atoms with van der Waals surface area (Å²) in [7, 11) is -2.39. The van der Waals surface area contributed by atoms with Crippen molar-refractivity contribution in [2.75, 3.05) is 12.4 Å². The average Bonchev–Trinajstić information content (AvgIpc) is 2.60. The maximum Gasteiger partial charge on any atom is 0.241 e. The van der Waals surface area contributed by atoms with Gasteiger partial charge in [-0.1, -0.05) is 37.6 Å². The first-order chi connectivity index (χ1) is 12.6. The molecule has 0 heterocycles. The second-order valence-electron chi connectivity index (χ2n) is 6.44. The standard InChI is InChI=1S/C19H23ClN2O4S/c1-12(2)19(14-5-7-15(20)8-6-14)22-27(24,25)16-9-10-18(26-4)17(11-16)21-13(3)23/h5-12,19,22H,1-4H3,(H,21,23)/t19-/m1/s1. The highest BCUT2D eigenvalue weighted by molar-refractivity contribution is 7.89. The van der Waals surface area contributed by atoms with Gasteiger partial charge in [0, 0.05) is 18.0 Å². The number of methoxy groups -OCH3 is 1. The van der Waals surface area contributed by atoms with Gasteiger partial charge in [0.25, 0.3) is 0 Å². The van der Waals surface area contributed by atoms with Crippen molar-refractivity contribution in [3.63, 3.8) is 0 Å². The topological polar surface area (TPSA) is 84.5 Å². The Morgan fingerprint density at radius 3 is 2.26 bits per heavy atom. The molecule has 6 nitrogen and oxygen atoms in total. The third-order valence-electron chi connectivity index (χ3n) is 3.97. The quantitative estimate of drug-likeness (QED) is 0.722. The Balaban J connectivity index is 2.38. The molecule has 2 aromatic carbocycles. The second-order valence-corrected chi connectivity index (χ2v) is 8.59. The van der Waals surface area contributed by atoms with Gasteiger partial charge < -0.3 is 10.1 Å². The molecule has 0 aliphatic heterocycles. The van der Waals surface area contributed by atoms with E-state index in [0.29, 0.717) is 16.5 Å². The largest absolute Gasteiger partial charge is 0.495 e. The molecule has 0 aliphatic carbocycles. The van der Waals surface area contributed by atoms with Gasteiger partial charge in [-0.05, 0) is 41.8 Å². The van der Waals surface area contributed by atoms with Crippen LogP contribution in [0.15, 0.2) is 47.4 Å². The molecule has 0 fully saturated rings. The minimum atomic E-state index is -3.84. The van der Waals surface area contributed by atoms with E-state index in [9.17, 15) is 13.2 Å². The van der Waals surface area contributed by atoms with Crippen LogP contribution in [0.2, 0.25) is 5.02 Å². The lowest BCUT2D eigenvalue weighted by molar-refractivity contribution is -0.114. The molecule has 146 valence electrons. The van der Waals surface area contributed by atoms with Crippen LogP contribution >= 0.6 is 11.6 Å². The van der Waals surface area contributed by atoms with E-state index in [1.54, 1.807) is 24.3 Å². The molecule has 0 aliphatic rings. The van der Waals surface area contributed by atoms with Crippen LogP contribution in [0, 0.1) is 5.92 Å². The van der Waals surface area contributed by atoms with Crippen molar-refractivity contribution < 1.29 is 17.9 Å². The molecule has 0 saturated heterocycles. The van der Waals surface area contributed by atoms with E-state index in [0.717, 1.165) is 5.56 Å². The first-order valence-corrected chi connectivity index (χ1v) is 10.2. The monoisotopic (exact) mass is 410 g/mol. The SMILES string of the molecule is COc1ccc(S(=O)(=O)N[C@@H](c2ccc(Cl)cc2)C(C)C)cc1NC(C)=O. The smallest absolute Gasteiger partial charge is 0.241 e. The second kappa shape index (κ2) is 8.73. The van der Waals surface area contributed by atoms with Gasteiger partial charge in [0.15, 0.2) is 0 Å². The predicted octanol–water partition coefficient (Wildman–Crippen LogP) is 3.98. The molecule has 27 heavy (non-hydrogen) atoms. The summed E-state index contributed by atoms with van der Waals surface area (Å²) in [6, 6.07) is 10.9. The number of anilines is 1. The molecule has 0 radical (unpaired) electrons. The zero-order chi connectivity index (χ0) is 20.2. The predicted molar refractivity (Wildman–Crippen MR) is 107 cm³/mol. The summed E-state index contributed by atoms with van der Waals surface area (Å²) in [5.41, 5.74) is 1.11. The summed E-state index contributed by atoms with van der Waals surface area (Å²) in [6.45, 7) is 5.20. The van der Waals surface area contributed by atoms with Crippen molar-refractivity contribution in [1.29, 1.82) is 0 Å². The van der Waals surface area contributed by atoms with Gasteiger partial charge in [-0.25, -0.2) is 13.1 Å². The highest BCUT2D eigenvalue weighted by Gasteiger charge is 2.25. The molecule has 1 atom stereocenters. The van der Waals surface area contributed by atoms with Crippen LogP contribution in [0.3, 0.4) is 0 Å². The molecule has 0 unspecified atom stereocenters. The number of hydrogen-bond donors (Lipinski definition) is 2. The van der Waals surface area contributed by atoms with Crippen molar-refractivity contribution in [3.05, 3.63) is 53.1 Å². The third kappa shape index (κ3) is 5.45. The van der Waals surface area contributed by atoms with E-state index in [1.807, 2.05) is 13.8 Å². The molecule has 0 bridgehead atoms. The molecular formula is C19H23ClN2O4S. The lowest BCUT2D eigenvalue weighted by atomic mass is 9.97. The Kier molecular flexibility index (Phi) is 6.86. The number of nitrogens with one attached hydrogen (secondary N) is 2. The summed E-state index contributed by atoms with van der Waals surface area (Å²) in [5, 5.41) is 3.16. The molecule has 1 amide bonds. The zero-order valence-corrected chi connectivity index (χ0v) is 17.2. The van der Waals surface area contributed by atoms with E-state index in [4.69, 9.17) is 16.3 Å². The molecular weight excluding hydrogens is 388 g/mol. The van der Waals surface area contributed by atoms with E-state index in [1.165, 1.54) is 32.2 Å². The maximum absolute atomic E-state index is 12.9. The van der Waals surface area contributed by atoms with E-state index in [2.05, 4.69) is 10.0 Å². The fourth-order valence-corrected chi connectivity index (χ4v) is 4.16. The van der Waals surface area contributed by atoms with Crippen LogP contribution in [-0.4, -0.2) is 21.4 Å². The van der Waals surface area contributed by atoms with Crippen LogP contribution in [-0.2, 0) is 14.8 Å². The summed E-state index contributed by atoms with van der Waals surface area (Å²) in [6.07, 6.45) is 0. The van der Waals surface area contributed by atoms with Gasteiger partial charge in [-0.3, -0.25) is 4.79 Å². The van der Waals surface area contributed by atoms with E-state index in [-0.39, 0.29) is 16.7 Å². The highest BCUT2D eigenvalue weighted by Crippen LogP contribution is 2.30. The van der Waals surface area contributed by atoms with Gasteiger partial charge in [-0.2, -0.15) is 0 Å². The number of rotatable bonds is 7. The molecule has 0 saturated carbocycles. The number of sulfonamides is 1. The first-order valence-electron chi connectivity index (χ1n) is 8.37. The van der Waals surface area contributed by atoms with E-state index < -0.39 is 16.1 Å². The van der Waals surface area contributed by atoms with Gasteiger partial charge in [0.1, 0.15) is 5.75 Å². The molecule has 2 rings (SSSR count). The Bertz CT molecular complexity index is 912. The third-order valence-corrected chi connectivity index (χ3v) is 5.66. The highest BCUT2D eigenvalue weighted by atomic mass is 35.5. The normalized spacial score (nSPS) is 12.7. The van der Waals surface area contributed by atoms with Crippen LogP contribution in [0.5, 0.6) is 5.75 Å². The zero-order valence-electron chi connectivity index (χ0n) is 15.6. The summed E-state index contributed by atoms with van der Waals surface area (Å²) >= 11 is 5.93. The van der Waals surface area contributed by atoms with Gasteiger partial charge in [0.05, 0.1) is 17.7 Å². The van der Waals surface area contributed by atoms with Crippen molar-refractivity contribution >= 4 is 33.2 Å². The van der Waals surface area contributed by atoms with Crippen LogP contribution in [0.4, 0.5) is 5.69 Å². The van der Waals surface area contributed by atoms with Gasteiger partial charge >= 0.3 is 0 Å². The number of ether oxygens (including phenoxy) is 1. The fourth-order valence-electron chi connectivity index (χ4n) is 2.64. The Morgan fingerprint density at radius 2 is 1.74 bits per heavy atom. The van der Waals surface area contributed by atoms with Gasteiger partial charge in [-0.15, -0.1) is 0 Å². The number of amides is 1. The van der Waals surface area contributed by atoms with Crippen molar-refractivity contribution in [1.82, 2.24) is 4.72 Å². The molecule has 2 N–H and O–H groups in total. The van der Waals surface area contributed by atoms with Crippen LogP contribution in [0.1, 0.15) is 32.4 Å². The molecule has 0 spiro atoms. The summed E-state index contributed by atoms with van der Waals surface area (Å²) in [4.78, 5) is 11.4. The summed E-state index contributed by atoms with van der Waals surface area (Å²) in [5.74, 6) is 0.0632. The number of hydrogen-bond acceptors (Lipinski definition) is 4. The average molecular weight is 411 g/mol. The molecule has 8 heteroatoms. The minimum Gasteiger partial charge on any atom is -0.495 e. The van der Waals surface area contributed by atoms with Crippen LogP contribution in [0.25, 0.3) is 0 Å². The number of carbonyl (C=O) groups excluding carboxylic acids is 1. The Morgan fingerprint density at radius 1 is 1.11 bits per heavy atom. The van der Waals surface area contributed by atoms with Gasteiger partial charge in [0.2, 0.25) is 15.9 Å². The number of carbonyl (C=O) groups is 1. The lowest BCUT2D eigenvalue weighted by Crippen LogP contribution is -2.31. The Labute approximate surface area is 164 Å². The summed E-state index contributed by atoms with van der Waals surface area (Å²) < 4.78 is 33.8. The van der Waals surface area contributed by atoms with Crippen molar-refractivity contribution in [2.24, 2.45) is 5.92 Å². The molecule has 0 aromatic heterocycles. The first kappa shape index (κ1) is 21.2. The molecule has 2 aromatic rings. The number of halogens is 1. The lowest BCUT2D eigenvalue weighted by Gasteiger charge is -2.23. The minimum absolute atomic E-state index is 0.00835. The fraction of sp³-hybridized carbons (Fsp3) is 0.316. The Hall–Kier alpha value is -2.09. The van der Waals surface area contributed by atoms with Crippen LogP contribution < -0.4 is 14.8 Å². The number of benzene rings is 2. The van der Waals surface area contributed by atoms with E-state index >= 15 is 0 Å².